The minimum Gasteiger partial charge on any atom is -0.497 e. The number of aromatic nitrogens is 4. The molecule has 2 aromatic heterocycles. The van der Waals surface area contributed by atoms with Crippen LogP contribution in [0, 0.1) is 0 Å². The number of anilines is 3. The predicted octanol–water partition coefficient (Wildman–Crippen LogP) is 5.69. The maximum atomic E-state index is 12.8. The maximum absolute atomic E-state index is 12.8. The number of hydrogen-bond donors (Lipinski definition) is 2. The summed E-state index contributed by atoms with van der Waals surface area (Å²) in [5, 5.41) is 6.59. The van der Waals surface area contributed by atoms with Crippen molar-refractivity contribution in [1.29, 1.82) is 0 Å². The van der Waals surface area contributed by atoms with Crippen LogP contribution in [0.4, 0.5) is 26.0 Å². The summed E-state index contributed by atoms with van der Waals surface area (Å²) >= 11 is 0. The van der Waals surface area contributed by atoms with Gasteiger partial charge in [0.2, 0.25) is 0 Å². The molecule has 0 spiro atoms. The second-order valence-corrected chi connectivity index (χ2v) is 7.93. The fraction of sp³-hybridized carbons (Fsp3) is 0.0741. The summed E-state index contributed by atoms with van der Waals surface area (Å²) in [6.07, 6.45) is 4.60. The maximum Gasteiger partial charge on any atom is 0.387 e. The van der Waals surface area contributed by atoms with E-state index < -0.39 is 6.61 Å². The lowest BCUT2D eigenvalue weighted by Gasteiger charge is -2.13. The summed E-state index contributed by atoms with van der Waals surface area (Å²) in [4.78, 5) is 30.4. The molecule has 0 bridgehead atoms. The lowest BCUT2D eigenvalue weighted by molar-refractivity contribution is -0.0498. The van der Waals surface area contributed by atoms with Gasteiger partial charge in [-0.05, 0) is 54.6 Å². The molecule has 0 radical (unpaired) electrons. The lowest BCUT2D eigenvalue weighted by atomic mass is 10.1. The third-order valence-corrected chi connectivity index (χ3v) is 5.42. The first-order valence-electron chi connectivity index (χ1n) is 11.3. The van der Waals surface area contributed by atoms with Crippen molar-refractivity contribution in [2.24, 2.45) is 0 Å². The number of amides is 1. The van der Waals surface area contributed by atoms with E-state index in [1.165, 1.54) is 30.7 Å². The Morgan fingerprint density at radius 2 is 1.76 bits per heavy atom. The largest absolute Gasteiger partial charge is 0.497 e. The number of carbonyl (C=O) groups is 1. The van der Waals surface area contributed by atoms with Crippen LogP contribution < -0.4 is 20.1 Å². The molecule has 0 aliphatic rings. The number of nitrogens with one attached hydrogen (secondary N) is 2. The van der Waals surface area contributed by atoms with Gasteiger partial charge in [0.05, 0.1) is 18.8 Å². The van der Waals surface area contributed by atoms with Gasteiger partial charge < -0.3 is 20.1 Å². The molecule has 0 fully saturated rings. The van der Waals surface area contributed by atoms with E-state index in [1.54, 1.807) is 61.7 Å². The van der Waals surface area contributed by atoms with Gasteiger partial charge in [-0.3, -0.25) is 9.78 Å². The Hall–Kier alpha value is -5.19. The summed E-state index contributed by atoms with van der Waals surface area (Å²) in [6, 6.07) is 18.0. The number of hydrogen-bond acceptors (Lipinski definition) is 8. The molecule has 38 heavy (non-hydrogen) atoms. The Bertz CT molecular complexity index is 1580. The SMILES string of the molecule is COc1ccc(C(=O)Nc2ccc3nc(-c4cnccn4)nc(Nc4cccc(OC(F)F)c4)c3c2)cc1. The van der Waals surface area contributed by atoms with Crippen molar-refractivity contribution < 1.29 is 23.0 Å². The second kappa shape index (κ2) is 10.8. The van der Waals surface area contributed by atoms with Crippen molar-refractivity contribution in [2.75, 3.05) is 17.7 Å². The van der Waals surface area contributed by atoms with Crippen LogP contribution in [0.1, 0.15) is 10.4 Å². The summed E-state index contributed by atoms with van der Waals surface area (Å²) in [6.45, 7) is -2.95. The molecule has 9 nitrogen and oxygen atoms in total. The van der Waals surface area contributed by atoms with Crippen molar-refractivity contribution >= 4 is 34.0 Å². The number of methoxy groups -OCH3 is 1. The van der Waals surface area contributed by atoms with E-state index in [9.17, 15) is 13.6 Å². The van der Waals surface area contributed by atoms with Gasteiger partial charge in [-0.15, -0.1) is 0 Å². The van der Waals surface area contributed by atoms with Gasteiger partial charge >= 0.3 is 6.61 Å². The first-order chi connectivity index (χ1) is 18.5. The molecular formula is C27H20F2N6O3. The molecule has 2 N–H and O–H groups in total. The molecule has 3 aromatic carbocycles. The quantitative estimate of drug-likeness (QED) is 0.272. The van der Waals surface area contributed by atoms with Gasteiger partial charge in [0, 0.05) is 40.8 Å². The summed E-state index contributed by atoms with van der Waals surface area (Å²) in [5.74, 6) is 0.996. The summed E-state index contributed by atoms with van der Waals surface area (Å²) < 4.78 is 35.1. The minimum atomic E-state index is -2.95. The molecule has 0 saturated heterocycles. The van der Waals surface area contributed by atoms with Gasteiger partial charge in [0.25, 0.3) is 5.91 Å². The smallest absolute Gasteiger partial charge is 0.387 e. The van der Waals surface area contributed by atoms with E-state index in [4.69, 9.17) is 4.74 Å². The zero-order valence-electron chi connectivity index (χ0n) is 19.9. The Kier molecular flexibility index (Phi) is 6.98. The predicted molar refractivity (Wildman–Crippen MR) is 138 cm³/mol. The molecule has 190 valence electrons. The molecule has 2 heterocycles. The van der Waals surface area contributed by atoms with E-state index >= 15 is 0 Å². The first-order valence-corrected chi connectivity index (χ1v) is 11.3. The minimum absolute atomic E-state index is 0.00930. The first kappa shape index (κ1) is 24.5. The van der Waals surface area contributed by atoms with Crippen molar-refractivity contribution in [3.05, 3.63) is 90.9 Å². The highest BCUT2D eigenvalue weighted by atomic mass is 19.3. The third kappa shape index (κ3) is 5.62. The molecule has 11 heteroatoms. The number of nitrogens with zero attached hydrogens (tertiary/aromatic N) is 4. The molecule has 5 aromatic rings. The molecule has 0 unspecified atom stereocenters. The van der Waals surface area contributed by atoms with Crippen LogP contribution in [0.3, 0.4) is 0 Å². The molecule has 0 aliphatic carbocycles. The van der Waals surface area contributed by atoms with Crippen LogP contribution in [-0.4, -0.2) is 39.6 Å². The van der Waals surface area contributed by atoms with Crippen molar-refractivity contribution in [1.82, 2.24) is 19.9 Å². The Labute approximate surface area is 215 Å². The fourth-order valence-corrected chi connectivity index (χ4v) is 3.66. The Morgan fingerprint density at radius 1 is 0.921 bits per heavy atom. The molecule has 0 aliphatic heterocycles. The molecule has 5 rings (SSSR count). The number of benzene rings is 3. The number of halogens is 2. The second-order valence-electron chi connectivity index (χ2n) is 7.93. The van der Waals surface area contributed by atoms with E-state index in [0.29, 0.717) is 50.9 Å². The van der Waals surface area contributed by atoms with Gasteiger partial charge in [0.1, 0.15) is 23.0 Å². The van der Waals surface area contributed by atoms with Crippen LogP contribution in [-0.2, 0) is 0 Å². The van der Waals surface area contributed by atoms with E-state index in [0.717, 1.165) is 0 Å². The van der Waals surface area contributed by atoms with Gasteiger partial charge in [-0.1, -0.05) is 6.07 Å². The van der Waals surface area contributed by atoms with Crippen LogP contribution in [0.2, 0.25) is 0 Å². The zero-order chi connectivity index (χ0) is 26.5. The normalized spacial score (nSPS) is 10.8. The monoisotopic (exact) mass is 514 g/mol. The highest BCUT2D eigenvalue weighted by Gasteiger charge is 2.14. The van der Waals surface area contributed by atoms with E-state index in [1.807, 2.05) is 0 Å². The van der Waals surface area contributed by atoms with Crippen molar-refractivity contribution in [3.8, 4) is 23.0 Å². The van der Waals surface area contributed by atoms with Crippen molar-refractivity contribution in [3.63, 3.8) is 0 Å². The summed E-state index contributed by atoms with van der Waals surface area (Å²) in [7, 11) is 1.55. The average molecular weight is 514 g/mol. The highest BCUT2D eigenvalue weighted by Crippen LogP contribution is 2.30. The number of ether oxygens (including phenoxy) is 2. The van der Waals surface area contributed by atoms with E-state index in [-0.39, 0.29) is 11.7 Å². The highest BCUT2D eigenvalue weighted by molar-refractivity contribution is 6.06. The molecule has 0 saturated carbocycles. The average Bonchev–Trinajstić information content (AvgIpc) is 2.93. The topological polar surface area (TPSA) is 111 Å². The van der Waals surface area contributed by atoms with Crippen LogP contribution in [0.15, 0.2) is 85.3 Å². The summed E-state index contributed by atoms with van der Waals surface area (Å²) in [5.41, 5.74) is 2.43. The van der Waals surface area contributed by atoms with Crippen LogP contribution in [0.5, 0.6) is 11.5 Å². The number of rotatable bonds is 8. The Balaban J connectivity index is 1.52. The number of alkyl halides is 2. The zero-order valence-corrected chi connectivity index (χ0v) is 19.9. The number of carbonyl (C=O) groups excluding carboxylic acids is 1. The molecular weight excluding hydrogens is 494 g/mol. The van der Waals surface area contributed by atoms with Gasteiger partial charge in [0.15, 0.2) is 5.82 Å². The van der Waals surface area contributed by atoms with Crippen LogP contribution in [0.25, 0.3) is 22.4 Å². The van der Waals surface area contributed by atoms with Crippen LogP contribution >= 0.6 is 0 Å². The van der Waals surface area contributed by atoms with E-state index in [2.05, 4.69) is 35.3 Å². The third-order valence-electron chi connectivity index (χ3n) is 5.42. The molecule has 0 atom stereocenters. The standard InChI is InChI=1S/C27H20F2N6O3/c1-37-19-8-5-16(6-9-19)26(36)33-18-7-10-22-21(14-18)24(35-25(34-22)23-15-30-11-12-31-23)32-17-3-2-4-20(13-17)38-27(28)29/h2-15,27H,1H3,(H,33,36)(H,32,34,35). The molecule has 1 amide bonds. The fourth-order valence-electron chi connectivity index (χ4n) is 3.66. The number of fused-ring (bicyclic) bond motifs is 1. The lowest BCUT2D eigenvalue weighted by Crippen LogP contribution is -2.12. The van der Waals surface area contributed by atoms with Gasteiger partial charge in [-0.25, -0.2) is 15.0 Å². The Morgan fingerprint density at radius 3 is 2.50 bits per heavy atom. The van der Waals surface area contributed by atoms with Gasteiger partial charge in [-0.2, -0.15) is 8.78 Å². The van der Waals surface area contributed by atoms with Crippen molar-refractivity contribution in [2.45, 2.75) is 6.61 Å².